The Morgan fingerprint density at radius 1 is 0.704 bits per heavy atom. The van der Waals surface area contributed by atoms with E-state index in [1.54, 1.807) is 12.1 Å². The monoisotopic (exact) mass is 628 g/mol. The van der Waals surface area contributed by atoms with E-state index < -0.39 is 0 Å². The number of H-pyrrole nitrogens is 2. The van der Waals surface area contributed by atoms with Crippen molar-refractivity contribution >= 4 is 75.5 Å². The van der Waals surface area contributed by atoms with Crippen LogP contribution in [-0.2, 0) is 0 Å². The number of rotatable bonds is 10. The molecule has 0 saturated heterocycles. The Morgan fingerprint density at radius 2 is 1.07 bits per heavy atom. The number of aromatic amines is 2. The summed E-state index contributed by atoms with van der Waals surface area (Å²) in [7, 11) is 0. The molecule has 2 aromatic heterocycles. The Balaban J connectivity index is 1.49. The van der Waals surface area contributed by atoms with Crippen LogP contribution in [0.15, 0.2) is 30.3 Å². The molecule has 0 aliphatic heterocycles. The zero-order chi connectivity index (χ0) is 19.8. The SMILES string of the molecule is O=C(NCCCCCCCNC(=O)c1cc(Br)c(Br)[nH]1)c1cc(Br)c(Br)[nH]1. The molecule has 0 bridgehead atoms. The van der Waals surface area contributed by atoms with Crippen molar-refractivity contribution in [3.63, 3.8) is 0 Å². The summed E-state index contributed by atoms with van der Waals surface area (Å²) < 4.78 is 3.18. The zero-order valence-corrected chi connectivity index (χ0v) is 20.8. The van der Waals surface area contributed by atoms with Gasteiger partial charge in [0.15, 0.2) is 0 Å². The largest absolute Gasteiger partial charge is 0.351 e. The van der Waals surface area contributed by atoms with Gasteiger partial charge in [0.25, 0.3) is 11.8 Å². The van der Waals surface area contributed by atoms with Crippen molar-refractivity contribution in [3.05, 3.63) is 41.7 Å². The first kappa shape index (κ1) is 22.7. The average Bonchev–Trinajstić information content (AvgIpc) is 3.15. The third-order valence-electron chi connectivity index (χ3n) is 3.86. The molecule has 0 radical (unpaired) electrons. The maximum atomic E-state index is 12.0. The highest BCUT2D eigenvalue weighted by atomic mass is 79.9. The maximum absolute atomic E-state index is 12.0. The highest BCUT2D eigenvalue weighted by molar-refractivity contribution is 9.13. The molecule has 0 fully saturated rings. The fraction of sp³-hybridized carbons (Fsp3) is 0.412. The summed E-state index contributed by atoms with van der Waals surface area (Å²) in [6.45, 7) is 1.31. The van der Waals surface area contributed by atoms with Crippen molar-refractivity contribution in [1.82, 2.24) is 20.6 Å². The predicted molar refractivity (Wildman–Crippen MR) is 120 cm³/mol. The van der Waals surface area contributed by atoms with E-state index in [9.17, 15) is 9.59 Å². The van der Waals surface area contributed by atoms with Crippen LogP contribution in [0.3, 0.4) is 0 Å². The lowest BCUT2D eigenvalue weighted by Crippen LogP contribution is -2.25. The molecule has 0 unspecified atom stereocenters. The van der Waals surface area contributed by atoms with Crippen molar-refractivity contribution in [3.8, 4) is 0 Å². The van der Waals surface area contributed by atoms with Crippen molar-refractivity contribution in [2.24, 2.45) is 0 Å². The Morgan fingerprint density at radius 3 is 1.41 bits per heavy atom. The number of hydrogen-bond donors (Lipinski definition) is 4. The quantitative estimate of drug-likeness (QED) is 0.261. The first-order valence-corrected chi connectivity index (χ1v) is 11.7. The topological polar surface area (TPSA) is 89.8 Å². The Bertz CT molecular complexity index is 685. The summed E-state index contributed by atoms with van der Waals surface area (Å²) >= 11 is 13.3. The average molecular weight is 632 g/mol. The van der Waals surface area contributed by atoms with E-state index in [-0.39, 0.29) is 11.8 Å². The molecule has 0 aliphatic carbocycles. The van der Waals surface area contributed by atoms with Gasteiger partial charge in [-0.05, 0) is 88.7 Å². The van der Waals surface area contributed by atoms with Crippen LogP contribution in [0.4, 0.5) is 0 Å². The smallest absolute Gasteiger partial charge is 0.267 e. The molecule has 0 atom stereocenters. The minimum absolute atomic E-state index is 0.105. The summed E-state index contributed by atoms with van der Waals surface area (Å²) in [5.41, 5.74) is 1.07. The van der Waals surface area contributed by atoms with E-state index in [1.807, 2.05) is 0 Å². The zero-order valence-electron chi connectivity index (χ0n) is 14.4. The third-order valence-corrected chi connectivity index (χ3v) is 7.43. The van der Waals surface area contributed by atoms with E-state index in [4.69, 9.17) is 0 Å². The number of nitrogens with one attached hydrogen (secondary N) is 4. The van der Waals surface area contributed by atoms with Gasteiger partial charge in [0, 0.05) is 13.1 Å². The summed E-state index contributed by atoms with van der Waals surface area (Å²) in [5, 5.41) is 5.80. The van der Waals surface area contributed by atoms with Crippen LogP contribution < -0.4 is 10.6 Å². The summed E-state index contributed by atoms with van der Waals surface area (Å²) in [6, 6.07) is 3.50. The second-order valence-electron chi connectivity index (χ2n) is 5.97. The fourth-order valence-electron chi connectivity index (χ4n) is 2.43. The van der Waals surface area contributed by atoms with Gasteiger partial charge in [-0.3, -0.25) is 9.59 Å². The number of aromatic nitrogens is 2. The van der Waals surface area contributed by atoms with Crippen molar-refractivity contribution in [1.29, 1.82) is 0 Å². The van der Waals surface area contributed by atoms with E-state index >= 15 is 0 Å². The maximum Gasteiger partial charge on any atom is 0.267 e. The Kier molecular flexibility index (Phi) is 9.61. The molecular weight excluding hydrogens is 612 g/mol. The molecule has 2 aromatic rings. The van der Waals surface area contributed by atoms with E-state index in [0.29, 0.717) is 24.5 Å². The lowest BCUT2D eigenvalue weighted by molar-refractivity contribution is 0.0941. The molecule has 27 heavy (non-hydrogen) atoms. The normalized spacial score (nSPS) is 10.8. The molecule has 148 valence electrons. The number of unbranched alkanes of at least 4 members (excludes halogenated alkanes) is 4. The minimum atomic E-state index is -0.105. The van der Waals surface area contributed by atoms with Crippen molar-refractivity contribution in [2.45, 2.75) is 32.1 Å². The number of amides is 2. The number of hydrogen-bond acceptors (Lipinski definition) is 2. The molecule has 0 spiro atoms. The lowest BCUT2D eigenvalue weighted by Gasteiger charge is -2.05. The van der Waals surface area contributed by atoms with Gasteiger partial charge in [0.2, 0.25) is 0 Å². The number of carbonyl (C=O) groups excluding carboxylic acids is 2. The molecule has 6 nitrogen and oxygen atoms in total. The molecule has 2 rings (SSSR count). The van der Waals surface area contributed by atoms with Crippen LogP contribution in [0.25, 0.3) is 0 Å². The fourth-order valence-corrected chi connectivity index (χ4v) is 3.74. The van der Waals surface area contributed by atoms with Gasteiger partial charge in [-0.1, -0.05) is 19.3 Å². The summed E-state index contributed by atoms with van der Waals surface area (Å²) in [4.78, 5) is 29.8. The van der Waals surface area contributed by atoms with Gasteiger partial charge < -0.3 is 20.6 Å². The first-order valence-electron chi connectivity index (χ1n) is 8.53. The number of carbonyl (C=O) groups is 2. The minimum Gasteiger partial charge on any atom is -0.351 e. The predicted octanol–water partition coefficient (Wildman–Crippen LogP) is 5.50. The molecule has 0 aromatic carbocycles. The first-order chi connectivity index (χ1) is 12.9. The molecule has 4 N–H and O–H groups in total. The molecule has 10 heteroatoms. The lowest BCUT2D eigenvalue weighted by atomic mass is 10.1. The van der Waals surface area contributed by atoms with Crippen LogP contribution in [-0.4, -0.2) is 34.9 Å². The molecule has 2 heterocycles. The highest BCUT2D eigenvalue weighted by Gasteiger charge is 2.11. The van der Waals surface area contributed by atoms with Crippen LogP contribution in [0.2, 0.25) is 0 Å². The van der Waals surface area contributed by atoms with Gasteiger partial charge in [-0.2, -0.15) is 0 Å². The molecule has 0 saturated carbocycles. The second-order valence-corrected chi connectivity index (χ2v) is 9.26. The van der Waals surface area contributed by atoms with Crippen LogP contribution in [0, 0.1) is 0 Å². The van der Waals surface area contributed by atoms with E-state index in [2.05, 4.69) is 84.3 Å². The molecular formula is C17H20Br4N4O2. The third kappa shape index (κ3) is 7.40. The van der Waals surface area contributed by atoms with E-state index in [0.717, 1.165) is 50.3 Å². The standard InChI is InChI=1S/C17H20Br4N4O2/c18-10-8-12(24-14(10)20)16(26)22-6-4-2-1-3-5-7-23-17(27)13-9-11(19)15(21)25-13/h8-9,24-25H,1-7H2,(H,22,26)(H,23,27). The highest BCUT2D eigenvalue weighted by Crippen LogP contribution is 2.23. The summed E-state index contributed by atoms with van der Waals surface area (Å²) in [6.07, 6.45) is 5.04. The van der Waals surface area contributed by atoms with Crippen LogP contribution >= 0.6 is 63.7 Å². The number of halogens is 4. The molecule has 2 amide bonds. The van der Waals surface area contributed by atoms with Crippen molar-refractivity contribution < 1.29 is 9.59 Å². The van der Waals surface area contributed by atoms with Gasteiger partial charge in [-0.25, -0.2) is 0 Å². The molecule has 0 aliphatic rings. The Labute approximate surface area is 191 Å². The van der Waals surface area contributed by atoms with Gasteiger partial charge >= 0.3 is 0 Å². The van der Waals surface area contributed by atoms with Gasteiger partial charge in [0.05, 0.1) is 18.2 Å². The second kappa shape index (κ2) is 11.4. The van der Waals surface area contributed by atoms with Crippen LogP contribution in [0.1, 0.15) is 53.1 Å². The summed E-state index contributed by atoms with van der Waals surface area (Å²) in [5.74, 6) is -0.210. The van der Waals surface area contributed by atoms with Crippen LogP contribution in [0.5, 0.6) is 0 Å². The van der Waals surface area contributed by atoms with E-state index in [1.165, 1.54) is 0 Å². The van der Waals surface area contributed by atoms with Crippen molar-refractivity contribution in [2.75, 3.05) is 13.1 Å². The van der Waals surface area contributed by atoms with Gasteiger partial charge in [-0.15, -0.1) is 0 Å². The Hall–Kier alpha value is -0.580. The van der Waals surface area contributed by atoms with Gasteiger partial charge in [0.1, 0.15) is 11.4 Å².